The molecule has 18 heavy (non-hydrogen) atoms. The Hall–Kier alpha value is -0.200. The smallest absolute Gasteiger partial charge is 0.0951 e. The lowest BCUT2D eigenvalue weighted by Gasteiger charge is -2.04. The molecule has 0 spiro atoms. The normalized spacial score (nSPS) is 11.0. The molecule has 0 unspecified atom stereocenters. The number of hydrogen-bond donors (Lipinski definition) is 0. The minimum atomic E-state index is 0.482. The van der Waals surface area contributed by atoms with Crippen molar-refractivity contribution >= 4 is 22.9 Å². The number of halogens is 1. The van der Waals surface area contributed by atoms with E-state index in [0.717, 1.165) is 36.8 Å². The summed E-state index contributed by atoms with van der Waals surface area (Å²) in [6, 6.07) is 0. The molecule has 0 fully saturated rings. The maximum absolute atomic E-state index is 5.69. The monoisotopic (exact) mass is 293 g/mol. The summed E-state index contributed by atoms with van der Waals surface area (Å²) < 4.78 is 15.7. The van der Waals surface area contributed by atoms with E-state index >= 15 is 0 Å². The van der Waals surface area contributed by atoms with Crippen molar-refractivity contribution in [3.05, 3.63) is 16.1 Å². The molecular weight excluding hydrogens is 274 g/mol. The van der Waals surface area contributed by atoms with Crippen molar-refractivity contribution < 1.29 is 14.2 Å². The van der Waals surface area contributed by atoms with Gasteiger partial charge in [-0.15, -0.1) is 22.9 Å². The maximum Gasteiger partial charge on any atom is 0.0951 e. The lowest BCUT2D eigenvalue weighted by Crippen LogP contribution is -2.06. The highest BCUT2D eigenvalue weighted by Gasteiger charge is 2.00. The van der Waals surface area contributed by atoms with Crippen molar-refractivity contribution in [3.63, 3.8) is 0 Å². The molecule has 0 saturated carbocycles. The van der Waals surface area contributed by atoms with Gasteiger partial charge in [0.05, 0.1) is 36.4 Å². The van der Waals surface area contributed by atoms with Gasteiger partial charge in [0.15, 0.2) is 0 Å². The summed E-state index contributed by atoms with van der Waals surface area (Å²) in [7, 11) is 1.67. The van der Waals surface area contributed by atoms with E-state index in [0.29, 0.717) is 25.7 Å². The average molecular weight is 294 g/mol. The Morgan fingerprint density at radius 1 is 1.17 bits per heavy atom. The van der Waals surface area contributed by atoms with Gasteiger partial charge in [-0.1, -0.05) is 0 Å². The van der Waals surface area contributed by atoms with E-state index in [2.05, 4.69) is 4.98 Å². The molecule has 0 N–H and O–H groups in total. The predicted octanol–water partition coefficient (Wildman–Crippen LogP) is 2.49. The van der Waals surface area contributed by atoms with Crippen LogP contribution in [0.25, 0.3) is 0 Å². The van der Waals surface area contributed by atoms with Gasteiger partial charge in [0.1, 0.15) is 0 Å². The van der Waals surface area contributed by atoms with Gasteiger partial charge in [0.2, 0.25) is 0 Å². The lowest BCUT2D eigenvalue weighted by atomic mass is 10.4. The first-order valence-corrected chi connectivity index (χ1v) is 7.42. The van der Waals surface area contributed by atoms with Crippen LogP contribution in [0.3, 0.4) is 0 Å². The van der Waals surface area contributed by atoms with Crippen LogP contribution in [-0.4, -0.2) is 45.1 Å². The third-order valence-corrected chi connectivity index (χ3v) is 3.44. The Morgan fingerprint density at radius 2 is 1.94 bits per heavy atom. The minimum absolute atomic E-state index is 0.482. The number of aromatic nitrogens is 1. The lowest BCUT2D eigenvalue weighted by molar-refractivity contribution is 0.0519. The summed E-state index contributed by atoms with van der Waals surface area (Å²) in [6.07, 6.45) is 1.76. The van der Waals surface area contributed by atoms with E-state index in [-0.39, 0.29) is 0 Å². The molecule has 0 bridgehead atoms. The van der Waals surface area contributed by atoms with Crippen LogP contribution in [0.1, 0.15) is 17.1 Å². The highest BCUT2D eigenvalue weighted by Crippen LogP contribution is 2.12. The van der Waals surface area contributed by atoms with Crippen molar-refractivity contribution in [2.75, 3.05) is 40.1 Å². The molecule has 6 heteroatoms. The molecule has 1 heterocycles. The number of rotatable bonds is 11. The van der Waals surface area contributed by atoms with E-state index in [1.54, 1.807) is 18.4 Å². The zero-order chi connectivity index (χ0) is 13.1. The fourth-order valence-corrected chi connectivity index (χ4v) is 2.30. The van der Waals surface area contributed by atoms with Crippen LogP contribution < -0.4 is 0 Å². The first-order valence-electron chi connectivity index (χ1n) is 6.00. The van der Waals surface area contributed by atoms with Gasteiger partial charge >= 0.3 is 0 Å². The van der Waals surface area contributed by atoms with Crippen LogP contribution in [0.2, 0.25) is 0 Å². The average Bonchev–Trinajstić information content (AvgIpc) is 2.85. The molecule has 1 rings (SSSR count). The van der Waals surface area contributed by atoms with Gasteiger partial charge in [-0.3, -0.25) is 0 Å². The Kier molecular flexibility index (Phi) is 9.42. The van der Waals surface area contributed by atoms with Gasteiger partial charge in [0.25, 0.3) is 0 Å². The summed E-state index contributed by atoms with van der Waals surface area (Å²) >= 11 is 7.32. The standard InChI is InChI=1S/C12H20ClNO3S/c1-15-7-8-17-5-2-4-16-6-3-12-14-11(9-13)10-18-12/h10H,2-9H2,1H3. The molecule has 104 valence electrons. The molecule has 1 aromatic heterocycles. The Labute approximate surface area is 117 Å². The molecule has 0 radical (unpaired) electrons. The summed E-state index contributed by atoms with van der Waals surface area (Å²) in [6.45, 7) is 3.44. The number of ether oxygens (including phenoxy) is 3. The van der Waals surface area contributed by atoms with Gasteiger partial charge in [-0.25, -0.2) is 4.98 Å². The van der Waals surface area contributed by atoms with Crippen LogP contribution in [0.4, 0.5) is 0 Å². The molecule has 4 nitrogen and oxygen atoms in total. The Bertz CT molecular complexity index is 309. The number of thiazole rings is 1. The third-order valence-electron chi connectivity index (χ3n) is 2.21. The first kappa shape index (κ1) is 15.9. The second-order valence-corrected chi connectivity index (χ2v) is 4.90. The second-order valence-electron chi connectivity index (χ2n) is 3.69. The number of methoxy groups -OCH3 is 1. The second kappa shape index (κ2) is 10.7. The van der Waals surface area contributed by atoms with Crippen LogP contribution in [0.15, 0.2) is 5.38 Å². The van der Waals surface area contributed by atoms with E-state index < -0.39 is 0 Å². The molecule has 0 saturated heterocycles. The maximum atomic E-state index is 5.69. The van der Waals surface area contributed by atoms with E-state index in [1.807, 2.05) is 5.38 Å². The molecule has 0 aliphatic rings. The van der Waals surface area contributed by atoms with Crippen molar-refractivity contribution in [2.45, 2.75) is 18.7 Å². The SMILES string of the molecule is COCCOCCCOCCc1nc(CCl)cs1. The first-order chi connectivity index (χ1) is 8.86. The highest BCUT2D eigenvalue weighted by molar-refractivity contribution is 7.09. The van der Waals surface area contributed by atoms with Gasteiger partial charge in [-0.05, 0) is 6.42 Å². The molecule has 0 aromatic carbocycles. The highest BCUT2D eigenvalue weighted by atomic mass is 35.5. The molecule has 0 aliphatic heterocycles. The van der Waals surface area contributed by atoms with Gasteiger partial charge < -0.3 is 14.2 Å². The third kappa shape index (κ3) is 7.28. The molecular formula is C12H20ClNO3S. The van der Waals surface area contributed by atoms with E-state index in [4.69, 9.17) is 25.8 Å². The molecule has 0 amide bonds. The quantitative estimate of drug-likeness (QED) is 0.464. The van der Waals surface area contributed by atoms with Gasteiger partial charge in [0, 0.05) is 32.1 Å². The molecule has 1 aromatic rings. The van der Waals surface area contributed by atoms with Crippen molar-refractivity contribution in [1.29, 1.82) is 0 Å². The van der Waals surface area contributed by atoms with Crippen molar-refractivity contribution in [2.24, 2.45) is 0 Å². The molecule has 0 atom stereocenters. The van der Waals surface area contributed by atoms with Crippen LogP contribution in [0.5, 0.6) is 0 Å². The van der Waals surface area contributed by atoms with E-state index in [9.17, 15) is 0 Å². The Balaban J connectivity index is 1.89. The van der Waals surface area contributed by atoms with Crippen LogP contribution >= 0.6 is 22.9 Å². The number of hydrogen-bond acceptors (Lipinski definition) is 5. The zero-order valence-corrected chi connectivity index (χ0v) is 12.3. The summed E-state index contributed by atoms with van der Waals surface area (Å²) in [5, 5.41) is 3.08. The number of alkyl halides is 1. The largest absolute Gasteiger partial charge is 0.382 e. The summed E-state index contributed by atoms with van der Waals surface area (Å²) in [5.41, 5.74) is 0.947. The van der Waals surface area contributed by atoms with Crippen molar-refractivity contribution in [1.82, 2.24) is 4.98 Å². The topological polar surface area (TPSA) is 40.6 Å². The minimum Gasteiger partial charge on any atom is -0.382 e. The number of nitrogens with zero attached hydrogens (tertiary/aromatic N) is 1. The van der Waals surface area contributed by atoms with Gasteiger partial charge in [-0.2, -0.15) is 0 Å². The zero-order valence-electron chi connectivity index (χ0n) is 10.7. The van der Waals surface area contributed by atoms with E-state index in [1.165, 1.54) is 0 Å². The fourth-order valence-electron chi connectivity index (χ4n) is 1.29. The van der Waals surface area contributed by atoms with Crippen LogP contribution in [-0.2, 0) is 26.5 Å². The van der Waals surface area contributed by atoms with Crippen LogP contribution in [0, 0.1) is 0 Å². The Morgan fingerprint density at radius 3 is 2.61 bits per heavy atom. The summed E-state index contributed by atoms with van der Waals surface area (Å²) in [4.78, 5) is 4.36. The molecule has 0 aliphatic carbocycles. The van der Waals surface area contributed by atoms with Crippen molar-refractivity contribution in [3.8, 4) is 0 Å². The predicted molar refractivity (Wildman–Crippen MR) is 73.5 cm³/mol. The fraction of sp³-hybridized carbons (Fsp3) is 0.750. The summed E-state index contributed by atoms with van der Waals surface area (Å²) in [5.74, 6) is 0.482.